The van der Waals surface area contributed by atoms with E-state index in [0.29, 0.717) is 29.3 Å². The third-order valence-electron chi connectivity index (χ3n) is 6.65. The Kier molecular flexibility index (Phi) is 7.99. The molecule has 39 heavy (non-hydrogen) atoms. The fourth-order valence-corrected chi connectivity index (χ4v) is 4.99. The van der Waals surface area contributed by atoms with Crippen molar-refractivity contribution in [2.75, 3.05) is 26.3 Å². The maximum Gasteiger partial charge on any atom is 0.410 e. The molecule has 0 saturated heterocycles. The molecule has 0 saturated carbocycles. The maximum absolute atomic E-state index is 12.9. The number of aliphatic hydroxyl groups is 1. The summed E-state index contributed by atoms with van der Waals surface area (Å²) in [6, 6.07) is 16.1. The van der Waals surface area contributed by atoms with Crippen molar-refractivity contribution in [2.24, 2.45) is 0 Å². The first kappa shape index (κ1) is 26.5. The molecule has 1 aliphatic heterocycles. The van der Waals surface area contributed by atoms with Gasteiger partial charge < -0.3 is 24.9 Å². The number of pyridine rings is 1. The van der Waals surface area contributed by atoms with Crippen LogP contribution < -0.4 is 10.1 Å². The fourth-order valence-electron chi connectivity index (χ4n) is 4.82. The van der Waals surface area contributed by atoms with E-state index in [2.05, 4.69) is 15.3 Å². The topological polar surface area (TPSA) is 117 Å². The predicted octanol–water partition coefficient (Wildman–Crippen LogP) is 4.49. The maximum atomic E-state index is 12.9. The number of carbonyl (C=O) groups is 2. The minimum Gasteiger partial charge on any atom is -0.491 e. The zero-order chi connectivity index (χ0) is 27.4. The number of aliphatic hydroxyl groups excluding tert-OH is 1. The van der Waals surface area contributed by atoms with Gasteiger partial charge in [-0.25, -0.2) is 4.79 Å². The van der Waals surface area contributed by atoms with Crippen LogP contribution in [0.4, 0.5) is 4.79 Å². The minimum absolute atomic E-state index is 0.00201. The van der Waals surface area contributed by atoms with E-state index in [0.717, 1.165) is 27.7 Å². The number of ether oxygens (including phenoxy) is 2. The normalized spacial score (nSPS) is 15.5. The number of aromatic amines is 1. The molecule has 2 aromatic heterocycles. The van der Waals surface area contributed by atoms with E-state index in [1.54, 1.807) is 42.3 Å². The first-order chi connectivity index (χ1) is 18.9. The summed E-state index contributed by atoms with van der Waals surface area (Å²) < 4.78 is 11.1. The van der Waals surface area contributed by atoms with Gasteiger partial charge in [0.1, 0.15) is 24.5 Å². The Hall–Kier alpha value is -4.08. The quantitative estimate of drug-likeness (QED) is 0.299. The minimum atomic E-state index is -0.899. The van der Waals surface area contributed by atoms with E-state index < -0.39 is 6.10 Å². The highest BCUT2D eigenvalue weighted by molar-refractivity contribution is 6.31. The standard InChI is InChI=1S/C29H29ClN4O5/c1-2-38-29(37)34-13-11-23-24-14-20(30)7-10-25(24)33-26(23)27(34)18-5-8-22(9-6-18)39-17-21(35)16-32-28(36)19-4-3-12-31-15-19/h3-10,12,14-15,21,27,33,35H,2,11,13,16-17H2,1H3,(H,32,36). The summed E-state index contributed by atoms with van der Waals surface area (Å²) in [4.78, 5) is 34.2. The van der Waals surface area contributed by atoms with Crippen molar-refractivity contribution >= 4 is 34.5 Å². The number of nitrogens with zero attached hydrogens (tertiary/aromatic N) is 2. The molecule has 2 atom stereocenters. The summed E-state index contributed by atoms with van der Waals surface area (Å²) in [5, 5.41) is 14.7. The highest BCUT2D eigenvalue weighted by Crippen LogP contribution is 2.39. The molecule has 0 bridgehead atoms. The second-order valence-electron chi connectivity index (χ2n) is 9.24. The SMILES string of the molecule is CCOC(=O)N1CCc2c([nH]c3ccc(Cl)cc23)C1c1ccc(OCC(O)CNC(=O)c2cccnc2)cc1. The summed E-state index contributed by atoms with van der Waals surface area (Å²) in [5.74, 6) is 0.238. The van der Waals surface area contributed by atoms with Gasteiger partial charge >= 0.3 is 6.09 Å². The summed E-state index contributed by atoms with van der Waals surface area (Å²) in [6.45, 7) is 2.62. The molecular formula is C29H29ClN4O5. The number of aromatic nitrogens is 2. The van der Waals surface area contributed by atoms with Crippen molar-refractivity contribution in [3.63, 3.8) is 0 Å². The third kappa shape index (κ3) is 5.84. The van der Waals surface area contributed by atoms with Gasteiger partial charge in [0, 0.05) is 47.1 Å². The first-order valence-corrected chi connectivity index (χ1v) is 13.1. The number of nitrogens with one attached hydrogen (secondary N) is 2. The molecule has 2 aromatic carbocycles. The lowest BCUT2D eigenvalue weighted by molar-refractivity contribution is 0.0843. The summed E-state index contributed by atoms with van der Waals surface area (Å²) in [6.07, 6.45) is 2.46. The van der Waals surface area contributed by atoms with Gasteiger partial charge in [0.15, 0.2) is 0 Å². The lowest BCUT2D eigenvalue weighted by Crippen LogP contribution is -2.41. The molecule has 1 aliphatic rings. The Morgan fingerprint density at radius 1 is 1.23 bits per heavy atom. The molecule has 0 radical (unpaired) electrons. The Morgan fingerprint density at radius 3 is 2.79 bits per heavy atom. The van der Waals surface area contributed by atoms with Crippen LogP contribution in [-0.2, 0) is 11.2 Å². The molecule has 3 heterocycles. The average Bonchev–Trinajstić information content (AvgIpc) is 3.33. The lowest BCUT2D eigenvalue weighted by atomic mass is 9.92. The second-order valence-corrected chi connectivity index (χ2v) is 9.67. The van der Waals surface area contributed by atoms with Gasteiger partial charge in [-0.2, -0.15) is 0 Å². The van der Waals surface area contributed by atoms with E-state index in [1.807, 2.05) is 30.3 Å². The molecule has 5 rings (SSSR count). The van der Waals surface area contributed by atoms with Crippen LogP contribution in [0.3, 0.4) is 0 Å². The van der Waals surface area contributed by atoms with E-state index in [4.69, 9.17) is 21.1 Å². The van der Waals surface area contributed by atoms with Crippen molar-refractivity contribution in [3.8, 4) is 5.75 Å². The number of H-pyrrole nitrogens is 1. The molecule has 0 fully saturated rings. The van der Waals surface area contributed by atoms with Crippen LogP contribution in [0.5, 0.6) is 5.75 Å². The number of carbonyl (C=O) groups excluding carboxylic acids is 2. The van der Waals surface area contributed by atoms with Crippen molar-refractivity contribution in [1.82, 2.24) is 20.2 Å². The molecule has 0 spiro atoms. The fraction of sp³-hybridized carbons (Fsp3) is 0.276. The van der Waals surface area contributed by atoms with Gasteiger partial charge in [0.05, 0.1) is 12.2 Å². The van der Waals surface area contributed by atoms with Crippen LogP contribution in [0.15, 0.2) is 67.0 Å². The molecule has 202 valence electrons. The highest BCUT2D eigenvalue weighted by Gasteiger charge is 2.35. The van der Waals surface area contributed by atoms with E-state index in [1.165, 1.54) is 6.20 Å². The molecular weight excluding hydrogens is 520 g/mol. The van der Waals surface area contributed by atoms with Crippen molar-refractivity contribution in [2.45, 2.75) is 25.5 Å². The smallest absolute Gasteiger partial charge is 0.410 e. The summed E-state index contributed by atoms with van der Waals surface area (Å²) in [5.41, 5.74) is 4.33. The van der Waals surface area contributed by atoms with Gasteiger partial charge in [-0.15, -0.1) is 0 Å². The zero-order valence-corrected chi connectivity index (χ0v) is 22.1. The largest absolute Gasteiger partial charge is 0.491 e. The third-order valence-corrected chi connectivity index (χ3v) is 6.89. The number of hydrogen-bond acceptors (Lipinski definition) is 6. The number of halogens is 1. The van der Waals surface area contributed by atoms with Crippen LogP contribution in [0.1, 0.15) is 40.1 Å². The van der Waals surface area contributed by atoms with Gasteiger partial charge in [-0.05, 0) is 66.9 Å². The predicted molar refractivity (Wildman–Crippen MR) is 147 cm³/mol. The summed E-state index contributed by atoms with van der Waals surface area (Å²) >= 11 is 6.27. The number of hydrogen-bond donors (Lipinski definition) is 3. The number of rotatable bonds is 8. The Balaban J connectivity index is 1.29. The molecule has 0 aliphatic carbocycles. The first-order valence-electron chi connectivity index (χ1n) is 12.8. The monoisotopic (exact) mass is 548 g/mol. The number of fused-ring (bicyclic) bond motifs is 3. The van der Waals surface area contributed by atoms with Gasteiger partial charge in [0.2, 0.25) is 0 Å². The number of benzene rings is 2. The Morgan fingerprint density at radius 2 is 2.05 bits per heavy atom. The Bertz CT molecular complexity index is 1460. The van der Waals surface area contributed by atoms with Gasteiger partial charge in [-0.3, -0.25) is 14.7 Å². The second kappa shape index (κ2) is 11.8. The average molecular weight is 549 g/mol. The van der Waals surface area contributed by atoms with Crippen LogP contribution >= 0.6 is 11.6 Å². The Labute approximate surface area is 230 Å². The van der Waals surface area contributed by atoms with Crippen molar-refractivity contribution in [1.29, 1.82) is 0 Å². The van der Waals surface area contributed by atoms with E-state index >= 15 is 0 Å². The van der Waals surface area contributed by atoms with E-state index in [9.17, 15) is 14.7 Å². The molecule has 9 nitrogen and oxygen atoms in total. The number of amides is 2. The molecule has 2 amide bonds. The van der Waals surface area contributed by atoms with Gasteiger partial charge in [-0.1, -0.05) is 23.7 Å². The highest BCUT2D eigenvalue weighted by atomic mass is 35.5. The summed E-state index contributed by atoms with van der Waals surface area (Å²) in [7, 11) is 0. The van der Waals surface area contributed by atoms with Crippen LogP contribution in [0.25, 0.3) is 10.9 Å². The molecule has 3 N–H and O–H groups in total. The van der Waals surface area contributed by atoms with Crippen molar-refractivity contribution < 1.29 is 24.2 Å². The van der Waals surface area contributed by atoms with Crippen LogP contribution in [0, 0.1) is 0 Å². The van der Waals surface area contributed by atoms with Crippen molar-refractivity contribution in [3.05, 3.63) is 94.4 Å². The molecule has 10 heteroatoms. The zero-order valence-electron chi connectivity index (χ0n) is 21.4. The van der Waals surface area contributed by atoms with Crippen LogP contribution in [0.2, 0.25) is 5.02 Å². The van der Waals surface area contributed by atoms with Crippen LogP contribution in [-0.4, -0.2) is 64.4 Å². The lowest BCUT2D eigenvalue weighted by Gasteiger charge is -2.35. The van der Waals surface area contributed by atoms with Gasteiger partial charge in [0.25, 0.3) is 5.91 Å². The molecule has 4 aromatic rings. The van der Waals surface area contributed by atoms with E-state index in [-0.39, 0.29) is 37.8 Å². The molecule has 2 unspecified atom stereocenters.